The average molecular weight is 369 g/mol. The van der Waals surface area contributed by atoms with Gasteiger partial charge in [0.2, 0.25) is 5.91 Å². The fourth-order valence-corrected chi connectivity index (χ4v) is 3.77. The summed E-state index contributed by atoms with van der Waals surface area (Å²) in [6.07, 6.45) is 0.531. The first-order valence-corrected chi connectivity index (χ1v) is 9.39. The first-order chi connectivity index (χ1) is 12.8. The topological polar surface area (TPSA) is 75.4 Å². The fourth-order valence-electron chi connectivity index (χ4n) is 3.77. The predicted molar refractivity (Wildman–Crippen MR) is 102 cm³/mol. The number of aliphatic carboxylic acids is 1. The molecule has 1 aromatic heterocycles. The van der Waals surface area contributed by atoms with Gasteiger partial charge >= 0.3 is 5.97 Å². The van der Waals surface area contributed by atoms with Gasteiger partial charge in [-0.2, -0.15) is 5.10 Å². The molecule has 27 heavy (non-hydrogen) atoms. The summed E-state index contributed by atoms with van der Waals surface area (Å²) in [4.78, 5) is 26.3. The Bertz CT molecular complexity index is 870. The van der Waals surface area contributed by atoms with Crippen molar-refractivity contribution in [2.24, 2.45) is 5.92 Å². The molecule has 6 heteroatoms. The van der Waals surface area contributed by atoms with Gasteiger partial charge in [0.25, 0.3) is 0 Å². The van der Waals surface area contributed by atoms with E-state index >= 15 is 0 Å². The molecular weight excluding hydrogens is 342 g/mol. The van der Waals surface area contributed by atoms with Crippen LogP contribution in [0, 0.1) is 19.8 Å². The Morgan fingerprint density at radius 3 is 2.52 bits per heavy atom. The summed E-state index contributed by atoms with van der Waals surface area (Å²) in [6.45, 7) is 9.28. The van der Waals surface area contributed by atoms with Crippen LogP contribution in [0.4, 0.5) is 0 Å². The Balaban J connectivity index is 1.85. The van der Waals surface area contributed by atoms with Crippen LogP contribution in [-0.4, -0.2) is 37.7 Å². The molecule has 0 unspecified atom stereocenters. The molecular formula is C21H27N3O3. The number of carbonyl (C=O) groups is 2. The second kappa shape index (κ2) is 7.55. The highest BCUT2D eigenvalue weighted by Crippen LogP contribution is 2.25. The Labute approximate surface area is 159 Å². The lowest BCUT2D eigenvalue weighted by atomic mass is 9.93. The van der Waals surface area contributed by atoms with Gasteiger partial charge in [-0.15, -0.1) is 0 Å². The minimum Gasteiger partial charge on any atom is -0.480 e. The molecule has 0 bridgehead atoms. The van der Waals surface area contributed by atoms with E-state index < -0.39 is 12.0 Å². The maximum absolute atomic E-state index is 13.1. The number of aryl methyl sites for hydroxylation is 1. The molecule has 0 aliphatic carbocycles. The molecule has 0 radical (unpaired) electrons. The van der Waals surface area contributed by atoms with Gasteiger partial charge in [0, 0.05) is 30.8 Å². The van der Waals surface area contributed by atoms with Gasteiger partial charge in [-0.25, -0.2) is 4.79 Å². The zero-order valence-electron chi connectivity index (χ0n) is 16.4. The number of hydrogen-bond acceptors (Lipinski definition) is 3. The second-order valence-corrected chi connectivity index (χ2v) is 7.75. The van der Waals surface area contributed by atoms with E-state index in [2.05, 4.69) is 18.9 Å². The summed E-state index contributed by atoms with van der Waals surface area (Å²) in [7, 11) is 0. The lowest BCUT2D eigenvalue weighted by Gasteiger charge is -2.34. The maximum atomic E-state index is 13.1. The molecule has 1 aliphatic rings. The summed E-state index contributed by atoms with van der Waals surface area (Å²) < 4.78 is 1.95. The van der Waals surface area contributed by atoms with Gasteiger partial charge in [0.1, 0.15) is 6.04 Å². The largest absolute Gasteiger partial charge is 0.480 e. The molecule has 1 N–H and O–H groups in total. The van der Waals surface area contributed by atoms with Gasteiger partial charge in [-0.05, 0) is 30.9 Å². The molecule has 0 saturated heterocycles. The van der Waals surface area contributed by atoms with Crippen molar-refractivity contribution < 1.29 is 14.7 Å². The predicted octanol–water partition coefficient (Wildman–Crippen LogP) is 2.74. The van der Waals surface area contributed by atoms with E-state index in [-0.39, 0.29) is 12.3 Å². The zero-order chi connectivity index (χ0) is 19.7. The minimum absolute atomic E-state index is 0.160. The minimum atomic E-state index is -0.957. The number of carboxylic acids is 1. The normalized spacial score (nSPS) is 16.5. The van der Waals surface area contributed by atoms with Crippen LogP contribution >= 0.6 is 0 Å². The number of carbonyl (C=O) groups excluding carboxylic acids is 1. The Hall–Kier alpha value is -2.63. The van der Waals surface area contributed by atoms with Gasteiger partial charge in [-0.1, -0.05) is 38.1 Å². The van der Waals surface area contributed by atoms with E-state index in [0.29, 0.717) is 18.9 Å². The number of nitrogens with zero attached hydrogens (tertiary/aromatic N) is 3. The third kappa shape index (κ3) is 3.89. The Morgan fingerprint density at radius 2 is 1.89 bits per heavy atom. The molecule has 0 saturated carbocycles. The van der Waals surface area contributed by atoms with Crippen molar-refractivity contribution in [2.75, 3.05) is 0 Å². The van der Waals surface area contributed by atoms with Gasteiger partial charge in [-0.3, -0.25) is 9.48 Å². The average Bonchev–Trinajstić information content (AvgIpc) is 2.87. The molecule has 2 aromatic rings. The van der Waals surface area contributed by atoms with Crippen molar-refractivity contribution in [3.8, 4) is 0 Å². The van der Waals surface area contributed by atoms with Crippen molar-refractivity contribution in [1.82, 2.24) is 14.7 Å². The van der Waals surface area contributed by atoms with E-state index in [1.165, 1.54) is 4.90 Å². The molecule has 2 heterocycles. The standard InChI is InChI=1S/C21H27N3O3/c1-13(2)11-24-15(4)18(14(3)22-24)10-20(25)23-12-17-8-6-5-7-16(17)9-19(23)21(26)27/h5-8,13,19H,9-12H2,1-4H3,(H,26,27)/t19-/m1/s1. The van der Waals surface area contributed by atoms with Gasteiger partial charge in [0.05, 0.1) is 12.1 Å². The number of benzene rings is 1. The van der Waals surface area contributed by atoms with Crippen LogP contribution < -0.4 is 0 Å². The lowest BCUT2D eigenvalue weighted by Crippen LogP contribution is -2.49. The van der Waals surface area contributed by atoms with Crippen molar-refractivity contribution in [3.05, 3.63) is 52.3 Å². The molecule has 6 nitrogen and oxygen atoms in total. The molecule has 0 spiro atoms. The van der Waals surface area contributed by atoms with Crippen molar-refractivity contribution >= 4 is 11.9 Å². The van der Waals surface area contributed by atoms with E-state index in [9.17, 15) is 14.7 Å². The fraction of sp³-hybridized carbons (Fsp3) is 0.476. The van der Waals surface area contributed by atoms with Crippen molar-refractivity contribution in [2.45, 2.75) is 59.7 Å². The summed E-state index contributed by atoms with van der Waals surface area (Å²) in [5.74, 6) is -0.657. The first-order valence-electron chi connectivity index (χ1n) is 9.39. The van der Waals surface area contributed by atoms with Crippen molar-refractivity contribution in [1.29, 1.82) is 0 Å². The second-order valence-electron chi connectivity index (χ2n) is 7.75. The molecule has 1 aromatic carbocycles. The quantitative estimate of drug-likeness (QED) is 0.879. The highest BCUT2D eigenvalue weighted by molar-refractivity contribution is 5.86. The number of fused-ring (bicyclic) bond motifs is 1. The molecule has 1 amide bonds. The summed E-state index contributed by atoms with van der Waals surface area (Å²) in [6, 6.07) is 6.92. The smallest absolute Gasteiger partial charge is 0.326 e. The van der Waals surface area contributed by atoms with Crippen LogP contribution in [0.2, 0.25) is 0 Å². The number of rotatable bonds is 5. The zero-order valence-corrected chi connectivity index (χ0v) is 16.4. The molecule has 3 rings (SSSR count). The Kier molecular flexibility index (Phi) is 5.35. The maximum Gasteiger partial charge on any atom is 0.326 e. The Morgan fingerprint density at radius 1 is 1.22 bits per heavy atom. The van der Waals surface area contributed by atoms with Crippen LogP contribution in [0.25, 0.3) is 0 Å². The highest BCUT2D eigenvalue weighted by Gasteiger charge is 2.34. The van der Waals surface area contributed by atoms with Crippen LogP contribution in [0.15, 0.2) is 24.3 Å². The van der Waals surface area contributed by atoms with Gasteiger partial charge < -0.3 is 10.0 Å². The lowest BCUT2D eigenvalue weighted by molar-refractivity contribution is -0.151. The van der Waals surface area contributed by atoms with Gasteiger partial charge in [0.15, 0.2) is 0 Å². The molecule has 0 fully saturated rings. The monoisotopic (exact) mass is 369 g/mol. The molecule has 144 valence electrons. The van der Waals surface area contributed by atoms with Crippen LogP contribution in [0.5, 0.6) is 0 Å². The number of hydrogen-bond donors (Lipinski definition) is 1. The third-order valence-corrected chi connectivity index (χ3v) is 5.25. The summed E-state index contributed by atoms with van der Waals surface area (Å²) in [5.41, 5.74) is 4.76. The number of amides is 1. The van der Waals surface area contributed by atoms with E-state index in [1.54, 1.807) is 0 Å². The summed E-state index contributed by atoms with van der Waals surface area (Å²) in [5, 5.41) is 14.2. The molecule has 1 aliphatic heterocycles. The van der Waals surface area contributed by atoms with E-state index in [4.69, 9.17) is 0 Å². The summed E-state index contributed by atoms with van der Waals surface area (Å²) >= 11 is 0. The van der Waals surface area contributed by atoms with Crippen molar-refractivity contribution in [3.63, 3.8) is 0 Å². The highest BCUT2D eigenvalue weighted by atomic mass is 16.4. The number of carboxylic acid groups (broad SMARTS) is 1. The van der Waals surface area contributed by atoms with Crippen LogP contribution in [0.3, 0.4) is 0 Å². The third-order valence-electron chi connectivity index (χ3n) is 5.25. The van der Waals surface area contributed by atoms with Crippen LogP contribution in [-0.2, 0) is 35.5 Å². The van der Waals surface area contributed by atoms with Crippen LogP contribution in [0.1, 0.15) is 41.9 Å². The SMILES string of the molecule is Cc1nn(CC(C)C)c(C)c1CC(=O)N1Cc2ccccc2C[C@@H]1C(=O)O. The van der Waals surface area contributed by atoms with E-state index in [1.807, 2.05) is 42.8 Å². The van der Waals surface area contributed by atoms with E-state index in [0.717, 1.165) is 34.6 Å². The first kappa shape index (κ1) is 19.1. The number of aromatic nitrogens is 2. The molecule has 1 atom stereocenters.